The summed E-state index contributed by atoms with van der Waals surface area (Å²) in [7, 11) is 0. The summed E-state index contributed by atoms with van der Waals surface area (Å²) in [6, 6.07) is 8.06. The molecule has 0 radical (unpaired) electrons. The van der Waals surface area contributed by atoms with Crippen molar-refractivity contribution in [1.82, 2.24) is 4.98 Å². The largest absolute Gasteiger partial charge is 0.387 e. The number of hydrogen-bond donors (Lipinski definition) is 2. The van der Waals surface area contributed by atoms with Gasteiger partial charge in [0.05, 0.1) is 11.4 Å². The molecular formula is C12H13N3. The van der Waals surface area contributed by atoms with Gasteiger partial charge in [-0.25, -0.2) is 0 Å². The monoisotopic (exact) mass is 199 g/mol. The number of fused-ring (bicyclic) bond motifs is 1. The van der Waals surface area contributed by atoms with Crippen LogP contribution >= 0.6 is 0 Å². The fourth-order valence-electron chi connectivity index (χ4n) is 1.62. The van der Waals surface area contributed by atoms with Crippen molar-refractivity contribution in [3.63, 3.8) is 0 Å². The van der Waals surface area contributed by atoms with Crippen molar-refractivity contribution in [2.45, 2.75) is 13.3 Å². The van der Waals surface area contributed by atoms with E-state index in [1.807, 2.05) is 31.3 Å². The van der Waals surface area contributed by atoms with Crippen LogP contribution in [0.3, 0.4) is 0 Å². The lowest BCUT2D eigenvalue weighted by molar-refractivity contribution is 1.25. The summed E-state index contributed by atoms with van der Waals surface area (Å²) >= 11 is 0. The summed E-state index contributed by atoms with van der Waals surface area (Å²) in [6.07, 6.45) is 2.36. The van der Waals surface area contributed by atoms with E-state index in [-0.39, 0.29) is 5.84 Å². The average Bonchev–Trinajstić information content (AvgIpc) is 2.16. The molecule has 2 rings (SSSR count). The number of amidine groups is 1. The highest BCUT2D eigenvalue weighted by Crippen LogP contribution is 2.15. The van der Waals surface area contributed by atoms with Crippen LogP contribution in [-0.2, 0) is 6.42 Å². The molecule has 3 nitrogen and oxygen atoms in total. The maximum atomic E-state index is 7.24. The Labute approximate surface area is 88.5 Å². The summed E-state index contributed by atoms with van der Waals surface area (Å²) in [5, 5.41) is 8.35. The predicted molar refractivity (Wildman–Crippen MR) is 62.1 cm³/mol. The molecule has 1 aromatic heterocycles. The van der Waals surface area contributed by atoms with Crippen LogP contribution in [0.15, 0.2) is 30.5 Å². The highest BCUT2D eigenvalue weighted by molar-refractivity contribution is 5.83. The van der Waals surface area contributed by atoms with E-state index in [9.17, 15) is 0 Å². The summed E-state index contributed by atoms with van der Waals surface area (Å²) < 4.78 is 0. The van der Waals surface area contributed by atoms with Gasteiger partial charge in [0.25, 0.3) is 0 Å². The number of pyridine rings is 1. The van der Waals surface area contributed by atoms with Gasteiger partial charge in [-0.1, -0.05) is 6.07 Å². The molecule has 0 aliphatic rings. The molecule has 1 heterocycles. The van der Waals surface area contributed by atoms with Crippen molar-refractivity contribution in [2.75, 3.05) is 0 Å². The summed E-state index contributed by atoms with van der Waals surface area (Å²) in [5.41, 5.74) is 8.54. The second-order valence-corrected chi connectivity index (χ2v) is 3.74. The smallest absolute Gasteiger partial charge is 0.0950 e. The fourth-order valence-corrected chi connectivity index (χ4v) is 1.62. The van der Waals surface area contributed by atoms with E-state index in [1.165, 1.54) is 0 Å². The second-order valence-electron chi connectivity index (χ2n) is 3.74. The zero-order chi connectivity index (χ0) is 10.8. The molecule has 0 spiro atoms. The average molecular weight is 199 g/mol. The number of aryl methyl sites for hydroxylation is 1. The fraction of sp³-hybridized carbons (Fsp3) is 0.167. The molecule has 2 aromatic rings. The van der Waals surface area contributed by atoms with Crippen LogP contribution in [0.1, 0.15) is 11.1 Å². The van der Waals surface area contributed by atoms with E-state index < -0.39 is 0 Å². The minimum absolute atomic E-state index is 0.190. The van der Waals surface area contributed by atoms with Crippen LogP contribution in [-0.4, -0.2) is 10.8 Å². The number of aromatic nitrogens is 1. The van der Waals surface area contributed by atoms with Gasteiger partial charge >= 0.3 is 0 Å². The molecule has 0 aliphatic heterocycles. The minimum Gasteiger partial charge on any atom is -0.387 e. The molecule has 0 amide bonds. The van der Waals surface area contributed by atoms with Crippen LogP contribution in [0.2, 0.25) is 0 Å². The normalized spacial score (nSPS) is 10.5. The van der Waals surface area contributed by atoms with Crippen LogP contribution in [0.5, 0.6) is 0 Å². The van der Waals surface area contributed by atoms with Crippen LogP contribution in [0.25, 0.3) is 10.9 Å². The molecule has 0 atom stereocenters. The number of nitrogens with one attached hydrogen (secondary N) is 1. The van der Waals surface area contributed by atoms with Crippen molar-refractivity contribution in [1.29, 1.82) is 5.41 Å². The van der Waals surface area contributed by atoms with E-state index >= 15 is 0 Å². The Balaban J connectivity index is 2.49. The number of benzene rings is 1. The van der Waals surface area contributed by atoms with E-state index in [0.717, 1.165) is 22.0 Å². The van der Waals surface area contributed by atoms with Gasteiger partial charge in [0, 0.05) is 18.0 Å². The number of nitrogens with zero attached hydrogens (tertiary/aromatic N) is 1. The third-order valence-electron chi connectivity index (χ3n) is 2.28. The highest BCUT2D eigenvalue weighted by Gasteiger charge is 1.99. The topological polar surface area (TPSA) is 62.8 Å². The zero-order valence-corrected chi connectivity index (χ0v) is 8.62. The van der Waals surface area contributed by atoms with Gasteiger partial charge < -0.3 is 5.73 Å². The molecule has 3 heteroatoms. The van der Waals surface area contributed by atoms with Gasteiger partial charge in [-0.05, 0) is 36.2 Å². The lowest BCUT2D eigenvalue weighted by atomic mass is 10.1. The molecule has 15 heavy (non-hydrogen) atoms. The van der Waals surface area contributed by atoms with Gasteiger partial charge in [-0.15, -0.1) is 0 Å². The van der Waals surface area contributed by atoms with Gasteiger partial charge in [0.15, 0.2) is 0 Å². The molecule has 0 saturated heterocycles. The summed E-state index contributed by atoms with van der Waals surface area (Å²) in [4.78, 5) is 4.32. The van der Waals surface area contributed by atoms with Crippen molar-refractivity contribution in [2.24, 2.45) is 5.73 Å². The van der Waals surface area contributed by atoms with E-state index in [2.05, 4.69) is 11.1 Å². The van der Waals surface area contributed by atoms with Gasteiger partial charge in [-0.2, -0.15) is 0 Å². The summed E-state index contributed by atoms with van der Waals surface area (Å²) in [6.45, 7) is 2.02. The molecule has 1 aromatic carbocycles. The molecule has 0 fully saturated rings. The van der Waals surface area contributed by atoms with E-state index in [1.54, 1.807) is 0 Å². The maximum absolute atomic E-state index is 7.24. The SMILES string of the molecule is Cc1cnc2ccc(CC(=N)N)cc2c1. The third kappa shape index (κ3) is 2.13. The number of nitrogens with two attached hydrogens (primary N) is 1. The quantitative estimate of drug-likeness (QED) is 0.574. The maximum Gasteiger partial charge on any atom is 0.0950 e. The lowest BCUT2D eigenvalue weighted by Crippen LogP contribution is -2.12. The van der Waals surface area contributed by atoms with Crippen molar-refractivity contribution >= 4 is 16.7 Å². The van der Waals surface area contributed by atoms with Crippen LogP contribution < -0.4 is 5.73 Å². The van der Waals surface area contributed by atoms with E-state index in [4.69, 9.17) is 11.1 Å². The Morgan fingerprint density at radius 1 is 1.40 bits per heavy atom. The van der Waals surface area contributed by atoms with Crippen molar-refractivity contribution < 1.29 is 0 Å². The van der Waals surface area contributed by atoms with Crippen molar-refractivity contribution in [3.05, 3.63) is 41.6 Å². The van der Waals surface area contributed by atoms with Gasteiger partial charge in [-0.3, -0.25) is 10.4 Å². The Bertz CT molecular complexity index is 517. The van der Waals surface area contributed by atoms with E-state index in [0.29, 0.717) is 6.42 Å². The third-order valence-corrected chi connectivity index (χ3v) is 2.28. The Kier molecular flexibility index (Phi) is 2.37. The molecular weight excluding hydrogens is 186 g/mol. The Morgan fingerprint density at radius 3 is 2.93 bits per heavy atom. The first-order valence-electron chi connectivity index (χ1n) is 4.83. The minimum atomic E-state index is 0.190. The first kappa shape index (κ1) is 9.65. The second kappa shape index (κ2) is 3.69. The van der Waals surface area contributed by atoms with Crippen molar-refractivity contribution in [3.8, 4) is 0 Å². The Hall–Kier alpha value is -1.90. The number of rotatable bonds is 2. The first-order valence-corrected chi connectivity index (χ1v) is 4.83. The molecule has 3 N–H and O–H groups in total. The molecule has 0 bridgehead atoms. The molecule has 0 saturated carbocycles. The van der Waals surface area contributed by atoms with Gasteiger partial charge in [0.1, 0.15) is 0 Å². The zero-order valence-electron chi connectivity index (χ0n) is 8.62. The highest BCUT2D eigenvalue weighted by atomic mass is 14.7. The molecule has 0 unspecified atom stereocenters. The standard InChI is InChI=1S/C12H13N3/c1-8-4-10-5-9(6-12(13)14)2-3-11(10)15-7-8/h2-5,7H,6H2,1H3,(H3,13,14). The lowest BCUT2D eigenvalue weighted by Gasteiger charge is -2.02. The predicted octanol–water partition coefficient (Wildman–Crippen LogP) is 2.02. The molecule has 0 aliphatic carbocycles. The van der Waals surface area contributed by atoms with Gasteiger partial charge in [0.2, 0.25) is 0 Å². The molecule has 76 valence electrons. The number of hydrogen-bond acceptors (Lipinski definition) is 2. The van der Waals surface area contributed by atoms with Crippen LogP contribution in [0, 0.1) is 12.3 Å². The summed E-state index contributed by atoms with van der Waals surface area (Å²) in [5.74, 6) is 0.190. The van der Waals surface area contributed by atoms with Crippen LogP contribution in [0.4, 0.5) is 0 Å². The first-order chi connectivity index (χ1) is 7.15. The Morgan fingerprint density at radius 2 is 2.20 bits per heavy atom.